The Balaban J connectivity index is 4.26. The number of carboxylic acid groups (broad SMARTS) is 3. The number of rotatable bonds is 33. The lowest BCUT2D eigenvalue weighted by Gasteiger charge is -2.33. The molecule has 0 aliphatic rings. The van der Waals surface area contributed by atoms with Gasteiger partial charge in [-0.3, -0.25) is 14.4 Å². The first-order chi connectivity index (χ1) is 21.2. The molecule has 0 bridgehead atoms. The standard InChI is InChI=1S/C36H66O8/c1-3-5-7-9-10-11-12-13-14-15-16-17-18-19-20-21-22-23-25-26-28-31(34(40)41)36(35(42)43,30-32(37)38)44-33(39)29-27-24-8-6-4-2/h31H,3-30H2,1-2H3,(H,37,38)(H,40,41)(H,42,43). The molecule has 0 fully saturated rings. The van der Waals surface area contributed by atoms with Gasteiger partial charge in [-0.15, -0.1) is 0 Å². The van der Waals surface area contributed by atoms with Gasteiger partial charge in [-0.25, -0.2) is 4.79 Å². The van der Waals surface area contributed by atoms with Crippen LogP contribution in [0.3, 0.4) is 0 Å². The van der Waals surface area contributed by atoms with Gasteiger partial charge in [0.2, 0.25) is 5.60 Å². The number of hydrogen-bond donors (Lipinski definition) is 3. The molecule has 0 saturated carbocycles. The first-order valence-electron chi connectivity index (χ1n) is 18.1. The Labute approximate surface area is 268 Å². The SMILES string of the molecule is CCCCCCCCCCCCCCCCCCCCCCC(C(=O)O)C(CC(=O)O)(OC(=O)CCCCCCC)C(=O)O. The Hall–Kier alpha value is -2.12. The first-order valence-corrected chi connectivity index (χ1v) is 18.1. The van der Waals surface area contributed by atoms with Crippen molar-refractivity contribution in [2.45, 2.75) is 199 Å². The van der Waals surface area contributed by atoms with Crippen LogP contribution in [-0.4, -0.2) is 44.8 Å². The molecule has 0 heterocycles. The fourth-order valence-electron chi connectivity index (χ4n) is 6.01. The zero-order valence-electron chi connectivity index (χ0n) is 28.3. The Kier molecular flexibility index (Phi) is 27.0. The summed E-state index contributed by atoms with van der Waals surface area (Å²) in [6, 6.07) is 0. The summed E-state index contributed by atoms with van der Waals surface area (Å²) in [7, 11) is 0. The summed E-state index contributed by atoms with van der Waals surface area (Å²) >= 11 is 0. The number of carboxylic acids is 3. The monoisotopic (exact) mass is 626 g/mol. The van der Waals surface area contributed by atoms with Crippen molar-refractivity contribution in [2.75, 3.05) is 0 Å². The lowest BCUT2D eigenvalue weighted by molar-refractivity contribution is -0.195. The van der Waals surface area contributed by atoms with Crippen molar-refractivity contribution in [3.8, 4) is 0 Å². The number of unbranched alkanes of at least 4 members (excludes halogenated alkanes) is 23. The molecule has 8 nitrogen and oxygen atoms in total. The lowest BCUT2D eigenvalue weighted by Crippen LogP contribution is -2.54. The van der Waals surface area contributed by atoms with E-state index in [1.807, 2.05) is 0 Å². The molecule has 0 aromatic heterocycles. The second kappa shape index (κ2) is 28.4. The van der Waals surface area contributed by atoms with Crippen LogP contribution in [0.2, 0.25) is 0 Å². The van der Waals surface area contributed by atoms with Crippen molar-refractivity contribution in [3.05, 3.63) is 0 Å². The third kappa shape index (κ3) is 21.6. The molecule has 0 aromatic carbocycles. The fraction of sp³-hybridized carbons (Fsp3) is 0.889. The smallest absolute Gasteiger partial charge is 0.349 e. The van der Waals surface area contributed by atoms with Crippen molar-refractivity contribution in [1.29, 1.82) is 0 Å². The van der Waals surface area contributed by atoms with Crippen molar-refractivity contribution < 1.29 is 39.2 Å². The van der Waals surface area contributed by atoms with Gasteiger partial charge >= 0.3 is 23.9 Å². The van der Waals surface area contributed by atoms with E-state index in [1.165, 1.54) is 96.3 Å². The topological polar surface area (TPSA) is 138 Å². The zero-order chi connectivity index (χ0) is 32.9. The quantitative estimate of drug-likeness (QED) is 0.0483. The minimum atomic E-state index is -2.62. The maximum atomic E-state index is 12.5. The largest absolute Gasteiger partial charge is 0.481 e. The van der Waals surface area contributed by atoms with Crippen molar-refractivity contribution in [3.63, 3.8) is 0 Å². The van der Waals surface area contributed by atoms with E-state index in [9.17, 15) is 34.5 Å². The molecule has 0 aliphatic carbocycles. The number of esters is 1. The van der Waals surface area contributed by atoms with Crippen LogP contribution in [0, 0.1) is 5.92 Å². The fourth-order valence-corrected chi connectivity index (χ4v) is 6.01. The first kappa shape index (κ1) is 41.9. The molecule has 0 spiro atoms. The predicted molar refractivity (Wildman–Crippen MR) is 176 cm³/mol. The highest BCUT2D eigenvalue weighted by molar-refractivity contribution is 5.92. The van der Waals surface area contributed by atoms with E-state index in [2.05, 4.69) is 13.8 Å². The number of ether oxygens (including phenoxy) is 1. The second-order valence-electron chi connectivity index (χ2n) is 12.8. The van der Waals surface area contributed by atoms with Gasteiger partial charge in [0, 0.05) is 6.42 Å². The van der Waals surface area contributed by atoms with Gasteiger partial charge in [-0.1, -0.05) is 168 Å². The van der Waals surface area contributed by atoms with Crippen LogP contribution < -0.4 is 0 Å². The highest BCUT2D eigenvalue weighted by Crippen LogP contribution is 2.33. The summed E-state index contributed by atoms with van der Waals surface area (Å²) in [6.07, 6.45) is 27.3. The summed E-state index contributed by atoms with van der Waals surface area (Å²) < 4.78 is 5.23. The van der Waals surface area contributed by atoms with Gasteiger partial charge in [-0.05, 0) is 12.8 Å². The molecule has 44 heavy (non-hydrogen) atoms. The molecular formula is C36H66O8. The average Bonchev–Trinajstić information content (AvgIpc) is 2.97. The molecule has 3 N–H and O–H groups in total. The summed E-state index contributed by atoms with van der Waals surface area (Å²) in [5.74, 6) is -7.18. The van der Waals surface area contributed by atoms with Gasteiger partial charge in [0.05, 0.1) is 6.42 Å². The summed E-state index contributed by atoms with van der Waals surface area (Å²) in [5.41, 5.74) is -2.62. The predicted octanol–water partition coefficient (Wildman–Crippen LogP) is 10.1. The van der Waals surface area contributed by atoms with Crippen LogP contribution in [0.25, 0.3) is 0 Å². The Morgan fingerprint density at radius 1 is 0.523 bits per heavy atom. The summed E-state index contributed by atoms with van der Waals surface area (Å²) in [5, 5.41) is 29.2. The van der Waals surface area contributed by atoms with Gasteiger partial charge in [-0.2, -0.15) is 0 Å². The third-order valence-electron chi connectivity index (χ3n) is 8.76. The van der Waals surface area contributed by atoms with E-state index in [4.69, 9.17) is 4.74 Å². The van der Waals surface area contributed by atoms with Crippen LogP contribution in [0.1, 0.15) is 194 Å². The summed E-state index contributed by atoms with van der Waals surface area (Å²) in [6.45, 7) is 4.32. The maximum absolute atomic E-state index is 12.5. The van der Waals surface area contributed by atoms with Crippen LogP contribution in [-0.2, 0) is 23.9 Å². The average molecular weight is 627 g/mol. The highest BCUT2D eigenvalue weighted by Gasteiger charge is 2.54. The van der Waals surface area contributed by atoms with Crippen LogP contribution in [0.4, 0.5) is 0 Å². The Bertz CT molecular complexity index is 752. The number of aliphatic carboxylic acids is 3. The Morgan fingerprint density at radius 2 is 0.864 bits per heavy atom. The summed E-state index contributed by atoms with van der Waals surface area (Å²) in [4.78, 5) is 48.4. The minimum absolute atomic E-state index is 0.0579. The molecule has 2 unspecified atom stereocenters. The van der Waals surface area contributed by atoms with Crippen LogP contribution in [0.15, 0.2) is 0 Å². The number of carbonyl (C=O) groups excluding carboxylic acids is 1. The van der Waals surface area contributed by atoms with E-state index in [0.29, 0.717) is 12.8 Å². The number of carbonyl (C=O) groups is 4. The molecule has 0 aliphatic heterocycles. The molecule has 0 rings (SSSR count). The molecular weight excluding hydrogens is 560 g/mol. The normalized spacial score (nSPS) is 13.3. The highest BCUT2D eigenvalue weighted by atomic mass is 16.6. The van der Waals surface area contributed by atoms with E-state index in [0.717, 1.165) is 51.4 Å². The molecule has 0 amide bonds. The van der Waals surface area contributed by atoms with Gasteiger partial charge in [0.1, 0.15) is 5.92 Å². The van der Waals surface area contributed by atoms with Gasteiger partial charge < -0.3 is 20.1 Å². The Morgan fingerprint density at radius 3 is 1.18 bits per heavy atom. The van der Waals surface area contributed by atoms with Crippen LogP contribution in [0.5, 0.6) is 0 Å². The molecule has 8 heteroatoms. The van der Waals surface area contributed by atoms with E-state index in [-0.39, 0.29) is 12.8 Å². The molecule has 258 valence electrons. The van der Waals surface area contributed by atoms with E-state index >= 15 is 0 Å². The molecule has 2 atom stereocenters. The third-order valence-corrected chi connectivity index (χ3v) is 8.76. The van der Waals surface area contributed by atoms with E-state index < -0.39 is 41.8 Å². The van der Waals surface area contributed by atoms with Crippen molar-refractivity contribution in [1.82, 2.24) is 0 Å². The lowest BCUT2D eigenvalue weighted by atomic mass is 9.80. The zero-order valence-corrected chi connectivity index (χ0v) is 28.3. The molecule has 0 aromatic rings. The second-order valence-corrected chi connectivity index (χ2v) is 12.8. The molecule has 0 radical (unpaired) electrons. The minimum Gasteiger partial charge on any atom is -0.481 e. The number of hydrogen-bond acceptors (Lipinski definition) is 5. The maximum Gasteiger partial charge on any atom is 0.349 e. The van der Waals surface area contributed by atoms with Crippen LogP contribution >= 0.6 is 0 Å². The van der Waals surface area contributed by atoms with E-state index in [1.54, 1.807) is 0 Å². The van der Waals surface area contributed by atoms with Crippen molar-refractivity contribution >= 4 is 23.9 Å². The molecule has 0 saturated heterocycles. The van der Waals surface area contributed by atoms with Gasteiger partial charge in [0.25, 0.3) is 0 Å². The van der Waals surface area contributed by atoms with Crippen molar-refractivity contribution in [2.24, 2.45) is 5.92 Å². The van der Waals surface area contributed by atoms with Gasteiger partial charge in [0.15, 0.2) is 0 Å².